The summed E-state index contributed by atoms with van der Waals surface area (Å²) in [5.41, 5.74) is 7.84. The van der Waals surface area contributed by atoms with Gasteiger partial charge in [0.2, 0.25) is 0 Å². The average molecular weight is 310 g/mol. The van der Waals surface area contributed by atoms with E-state index in [9.17, 15) is 0 Å². The van der Waals surface area contributed by atoms with Crippen LogP contribution >= 0.6 is 0 Å². The zero-order valence-electron chi connectivity index (χ0n) is 12.8. The molecule has 0 radical (unpaired) electrons. The number of nitrogens with zero attached hydrogens (tertiary/aromatic N) is 2. The lowest BCUT2D eigenvalue weighted by Crippen LogP contribution is -1.78. The normalized spacial score (nSPS) is 12.7. The van der Waals surface area contributed by atoms with Crippen molar-refractivity contribution >= 4 is 46.4 Å². The van der Waals surface area contributed by atoms with Crippen LogP contribution in [0.25, 0.3) is 46.4 Å². The molecule has 114 valence electrons. The Kier molecular flexibility index (Phi) is 2.76. The minimum Gasteiger partial charge on any atom is -0.355 e. The van der Waals surface area contributed by atoms with Gasteiger partial charge < -0.3 is 9.97 Å². The predicted octanol–water partition coefficient (Wildman–Crippen LogP) is 4.66. The molecular weight excluding hydrogens is 296 g/mol. The molecule has 0 fully saturated rings. The van der Waals surface area contributed by atoms with Gasteiger partial charge in [-0.3, -0.25) is 0 Å². The Balaban J connectivity index is 1.87. The van der Waals surface area contributed by atoms with Gasteiger partial charge in [-0.05, 0) is 66.8 Å². The topological polar surface area (TPSA) is 57.4 Å². The van der Waals surface area contributed by atoms with Gasteiger partial charge in [0.1, 0.15) is 0 Å². The Bertz CT molecular complexity index is 1160. The van der Waals surface area contributed by atoms with E-state index in [0.29, 0.717) is 0 Å². The van der Waals surface area contributed by atoms with E-state index in [2.05, 4.69) is 32.1 Å². The summed E-state index contributed by atoms with van der Waals surface area (Å²) in [6.07, 6.45) is 8.10. The first kappa shape index (κ1) is 13.1. The van der Waals surface area contributed by atoms with Gasteiger partial charge in [-0.25, -0.2) is 9.97 Å². The summed E-state index contributed by atoms with van der Waals surface area (Å²) < 4.78 is 0. The van der Waals surface area contributed by atoms with Crippen molar-refractivity contribution < 1.29 is 0 Å². The third-order valence-electron chi connectivity index (χ3n) is 4.14. The molecule has 0 aromatic carbocycles. The molecule has 2 N–H and O–H groups in total. The van der Waals surface area contributed by atoms with Crippen molar-refractivity contribution in [1.82, 2.24) is 19.9 Å². The molecule has 0 unspecified atom stereocenters. The molecule has 5 heterocycles. The average Bonchev–Trinajstić information content (AvgIpc) is 3.34. The summed E-state index contributed by atoms with van der Waals surface area (Å²) >= 11 is 0. The van der Waals surface area contributed by atoms with Gasteiger partial charge in [-0.2, -0.15) is 0 Å². The molecule has 2 aliphatic heterocycles. The van der Waals surface area contributed by atoms with Crippen LogP contribution in [-0.4, -0.2) is 19.9 Å². The van der Waals surface area contributed by atoms with Gasteiger partial charge in [-0.15, -0.1) is 0 Å². The molecule has 0 atom stereocenters. The maximum absolute atomic E-state index is 4.69. The Morgan fingerprint density at radius 1 is 0.583 bits per heavy atom. The van der Waals surface area contributed by atoms with E-state index < -0.39 is 0 Å². The molecule has 3 aromatic heterocycles. The van der Waals surface area contributed by atoms with Gasteiger partial charge >= 0.3 is 0 Å². The van der Waals surface area contributed by atoms with Crippen molar-refractivity contribution in [3.05, 3.63) is 71.3 Å². The van der Waals surface area contributed by atoms with E-state index in [4.69, 9.17) is 0 Å². The van der Waals surface area contributed by atoms with Crippen LogP contribution in [0.15, 0.2) is 48.5 Å². The van der Waals surface area contributed by atoms with E-state index >= 15 is 0 Å². The van der Waals surface area contributed by atoms with Crippen molar-refractivity contribution in [2.24, 2.45) is 0 Å². The molecule has 0 spiro atoms. The number of aromatic amines is 2. The van der Waals surface area contributed by atoms with Crippen LogP contribution in [0.4, 0.5) is 0 Å². The summed E-state index contributed by atoms with van der Waals surface area (Å²) in [7, 11) is 0. The minimum atomic E-state index is 0.935. The van der Waals surface area contributed by atoms with Crippen LogP contribution in [-0.2, 0) is 0 Å². The zero-order valence-corrected chi connectivity index (χ0v) is 12.8. The highest BCUT2D eigenvalue weighted by Crippen LogP contribution is 2.20. The summed E-state index contributed by atoms with van der Waals surface area (Å²) in [6, 6.07) is 16.3. The zero-order chi connectivity index (χ0) is 15.9. The second-order valence-electron chi connectivity index (χ2n) is 5.84. The van der Waals surface area contributed by atoms with E-state index in [1.807, 2.05) is 60.7 Å². The van der Waals surface area contributed by atoms with Gasteiger partial charge in [0.15, 0.2) is 0 Å². The molecule has 3 aromatic rings. The lowest BCUT2D eigenvalue weighted by atomic mass is 10.3. The van der Waals surface area contributed by atoms with Gasteiger partial charge in [0, 0.05) is 11.0 Å². The smallest absolute Gasteiger partial charge is 0.0872 e. The summed E-state index contributed by atoms with van der Waals surface area (Å²) in [5.74, 6) is 0. The molecule has 4 heteroatoms. The fourth-order valence-electron chi connectivity index (χ4n) is 2.94. The van der Waals surface area contributed by atoms with E-state index in [-0.39, 0.29) is 0 Å². The fourth-order valence-corrected chi connectivity index (χ4v) is 2.94. The van der Waals surface area contributed by atoms with Crippen molar-refractivity contribution in [2.45, 2.75) is 0 Å². The molecule has 0 amide bonds. The lowest BCUT2D eigenvalue weighted by molar-refractivity contribution is 1.30. The maximum atomic E-state index is 4.69. The van der Waals surface area contributed by atoms with Crippen molar-refractivity contribution in [2.75, 3.05) is 0 Å². The molecule has 2 aliphatic rings. The first-order chi connectivity index (χ1) is 11.8. The lowest BCUT2D eigenvalue weighted by Gasteiger charge is -1.87. The van der Waals surface area contributed by atoms with Crippen molar-refractivity contribution in [3.63, 3.8) is 0 Å². The highest BCUT2D eigenvalue weighted by Gasteiger charge is 2.05. The molecule has 0 saturated carbocycles. The number of H-pyrrole nitrogens is 2. The van der Waals surface area contributed by atoms with Crippen molar-refractivity contribution in [3.8, 4) is 0 Å². The number of nitrogens with one attached hydrogen (secondary N) is 2. The largest absolute Gasteiger partial charge is 0.355 e. The number of aromatic nitrogens is 4. The van der Waals surface area contributed by atoms with Crippen LogP contribution in [0.2, 0.25) is 0 Å². The molecule has 8 bridgehead atoms. The highest BCUT2D eigenvalue weighted by molar-refractivity contribution is 5.84. The van der Waals surface area contributed by atoms with Crippen LogP contribution in [0.1, 0.15) is 22.8 Å². The Labute approximate surface area is 138 Å². The summed E-state index contributed by atoms with van der Waals surface area (Å²) in [5, 5.41) is 0. The summed E-state index contributed by atoms with van der Waals surface area (Å²) in [6.45, 7) is 0. The van der Waals surface area contributed by atoms with Crippen LogP contribution in [0, 0.1) is 0 Å². The van der Waals surface area contributed by atoms with Gasteiger partial charge in [0.25, 0.3) is 0 Å². The highest BCUT2D eigenvalue weighted by atomic mass is 14.8. The molecule has 24 heavy (non-hydrogen) atoms. The number of hydrogen-bond donors (Lipinski definition) is 2. The monoisotopic (exact) mass is 310 g/mol. The van der Waals surface area contributed by atoms with Crippen LogP contribution in [0.3, 0.4) is 0 Å². The first-order valence-electron chi connectivity index (χ1n) is 7.86. The van der Waals surface area contributed by atoms with Gasteiger partial charge in [0.05, 0.1) is 33.8 Å². The van der Waals surface area contributed by atoms with Gasteiger partial charge in [-0.1, -0.05) is 6.07 Å². The number of rotatable bonds is 0. The molecule has 5 rings (SSSR count). The molecular formula is C20H14N4. The Morgan fingerprint density at radius 3 is 2.12 bits per heavy atom. The van der Waals surface area contributed by atoms with E-state index in [0.717, 1.165) is 44.8 Å². The predicted molar refractivity (Wildman–Crippen MR) is 98.9 cm³/mol. The number of hydrogen-bond acceptors (Lipinski definition) is 2. The number of fused-ring (bicyclic) bond motifs is 10. The minimum absolute atomic E-state index is 0.935. The SMILES string of the molecule is C1=Cc2nc1cccc1ccc(cc3nc(c4ccc2[nH]4)C=C3)[nH]1. The van der Waals surface area contributed by atoms with Crippen LogP contribution in [0.5, 0.6) is 0 Å². The second-order valence-corrected chi connectivity index (χ2v) is 5.84. The van der Waals surface area contributed by atoms with Crippen LogP contribution < -0.4 is 0 Å². The van der Waals surface area contributed by atoms with E-state index in [1.165, 1.54) is 0 Å². The van der Waals surface area contributed by atoms with Crippen molar-refractivity contribution in [1.29, 1.82) is 0 Å². The van der Waals surface area contributed by atoms with E-state index in [1.54, 1.807) is 0 Å². The quantitative estimate of drug-likeness (QED) is 0.437. The molecule has 0 saturated heterocycles. The summed E-state index contributed by atoms with van der Waals surface area (Å²) in [4.78, 5) is 16.1. The Morgan fingerprint density at radius 2 is 1.29 bits per heavy atom. The first-order valence-corrected chi connectivity index (χ1v) is 7.86. The molecule has 0 aliphatic carbocycles. The fraction of sp³-hybridized carbons (Fsp3) is 0. The molecule has 4 nitrogen and oxygen atoms in total. The third kappa shape index (κ3) is 2.25. The second kappa shape index (κ2) is 5.06. The maximum Gasteiger partial charge on any atom is 0.0872 e. The Hall–Kier alpha value is -3.40. The standard InChI is InChI=1S/C20H14N4/c1-2-13-4-5-15(21-13)12-16-7-9-18(23-16)20-11-10-19(24-20)17-8-6-14(3-1)22-17/h1-12,21,24H. The third-order valence-corrected chi connectivity index (χ3v) is 4.14.